The zero-order valence-corrected chi connectivity index (χ0v) is 20.9. The molecule has 2 aromatic carbocycles. The average molecular weight is 493 g/mol. The van der Waals surface area contributed by atoms with Crippen LogP contribution in [-0.4, -0.2) is 40.4 Å². The lowest BCUT2D eigenvalue weighted by Gasteiger charge is -2.30. The van der Waals surface area contributed by atoms with Gasteiger partial charge in [0, 0.05) is 12.6 Å². The highest BCUT2D eigenvalue weighted by Crippen LogP contribution is 2.25. The minimum absolute atomic E-state index is 0.204. The molecule has 0 aliphatic carbocycles. The van der Waals surface area contributed by atoms with Gasteiger partial charge >= 0.3 is 6.09 Å². The van der Waals surface area contributed by atoms with Gasteiger partial charge in [-0.2, -0.15) is 0 Å². The fourth-order valence-corrected chi connectivity index (χ4v) is 3.46. The van der Waals surface area contributed by atoms with Crippen molar-refractivity contribution in [1.82, 2.24) is 15.5 Å². The van der Waals surface area contributed by atoms with E-state index in [4.69, 9.17) is 16.9 Å². The number of primary amides is 1. The molecule has 2 unspecified atom stereocenters. The fourth-order valence-electron chi connectivity index (χ4n) is 3.46. The van der Waals surface area contributed by atoms with Gasteiger partial charge in [-0.15, -0.1) is 0 Å². The summed E-state index contributed by atoms with van der Waals surface area (Å²) in [5.74, 6) is -2.23. The van der Waals surface area contributed by atoms with Crippen molar-refractivity contribution in [3.05, 3.63) is 71.3 Å². The van der Waals surface area contributed by atoms with E-state index in [-0.39, 0.29) is 6.54 Å². The second-order valence-corrected chi connectivity index (χ2v) is 9.17. The lowest BCUT2D eigenvalue weighted by atomic mass is 9.98. The molecule has 2 atom stereocenters. The molecule has 0 fully saturated rings. The van der Waals surface area contributed by atoms with Crippen LogP contribution in [0.1, 0.15) is 49.9 Å². The molecule has 9 heteroatoms. The summed E-state index contributed by atoms with van der Waals surface area (Å²) >= 11 is 0. The van der Waals surface area contributed by atoms with Gasteiger partial charge in [-0.3, -0.25) is 19.3 Å². The number of amides is 4. The Kier molecular flexibility index (Phi) is 9.62. The Hall–Kier alpha value is -4.32. The highest BCUT2D eigenvalue weighted by Gasteiger charge is 2.37. The third-order valence-electron chi connectivity index (χ3n) is 5.07. The van der Waals surface area contributed by atoms with Gasteiger partial charge in [0.15, 0.2) is 0 Å². The molecule has 2 rings (SSSR count). The number of aryl methyl sites for hydroxylation is 1. The van der Waals surface area contributed by atoms with Gasteiger partial charge < -0.3 is 21.1 Å². The van der Waals surface area contributed by atoms with Crippen LogP contribution in [0, 0.1) is 19.4 Å². The summed E-state index contributed by atoms with van der Waals surface area (Å²) in [5, 5.41) is 5.17. The van der Waals surface area contributed by atoms with Gasteiger partial charge in [-0.05, 0) is 44.4 Å². The minimum Gasteiger partial charge on any atom is -0.444 e. The quantitative estimate of drug-likeness (QED) is 0.366. The van der Waals surface area contributed by atoms with Crippen molar-refractivity contribution >= 4 is 23.8 Å². The van der Waals surface area contributed by atoms with Gasteiger partial charge in [0.05, 0.1) is 6.42 Å². The van der Waals surface area contributed by atoms with E-state index in [1.54, 1.807) is 52.0 Å². The van der Waals surface area contributed by atoms with Crippen LogP contribution in [0.4, 0.5) is 4.79 Å². The monoisotopic (exact) mass is 492 g/mol. The van der Waals surface area contributed by atoms with Crippen LogP contribution in [0.3, 0.4) is 0 Å². The molecule has 4 N–H and O–H groups in total. The lowest BCUT2D eigenvalue weighted by Crippen LogP contribution is -2.52. The first kappa shape index (κ1) is 27.9. The molecule has 2 aromatic rings. The summed E-state index contributed by atoms with van der Waals surface area (Å²) in [7, 11) is 0. The van der Waals surface area contributed by atoms with Gasteiger partial charge in [0.25, 0.3) is 5.91 Å². The molecule has 0 saturated carbocycles. The number of hydrogen-bond donors (Lipinski definition) is 3. The maximum atomic E-state index is 13.5. The average Bonchev–Trinajstić information content (AvgIpc) is 2.80. The maximum absolute atomic E-state index is 13.5. The Morgan fingerprint density at radius 2 is 1.67 bits per heavy atom. The predicted octanol–water partition coefficient (Wildman–Crippen LogP) is 2.54. The molecular weight excluding hydrogens is 460 g/mol. The first-order chi connectivity index (χ1) is 16.9. The molecule has 0 spiro atoms. The Morgan fingerprint density at radius 3 is 2.22 bits per heavy atom. The smallest absolute Gasteiger partial charge is 0.408 e. The van der Waals surface area contributed by atoms with E-state index in [1.807, 2.05) is 30.3 Å². The number of hydrogen-bond acceptors (Lipinski definition) is 5. The summed E-state index contributed by atoms with van der Waals surface area (Å²) in [4.78, 5) is 51.9. The van der Waals surface area contributed by atoms with Crippen LogP contribution in [0.2, 0.25) is 0 Å². The summed E-state index contributed by atoms with van der Waals surface area (Å²) < 4.78 is 5.21. The summed E-state index contributed by atoms with van der Waals surface area (Å²) in [6, 6.07) is 15.8. The van der Waals surface area contributed by atoms with Crippen molar-refractivity contribution in [2.24, 2.45) is 5.73 Å². The normalized spacial score (nSPS) is 12.4. The molecule has 190 valence electrons. The Morgan fingerprint density at radius 1 is 1.06 bits per heavy atom. The van der Waals surface area contributed by atoms with Gasteiger partial charge in [0.1, 0.15) is 17.7 Å². The lowest BCUT2D eigenvalue weighted by molar-refractivity contribution is -0.139. The second-order valence-electron chi connectivity index (χ2n) is 9.17. The Bertz CT molecular complexity index is 1130. The van der Waals surface area contributed by atoms with E-state index >= 15 is 0 Å². The largest absolute Gasteiger partial charge is 0.444 e. The molecule has 0 heterocycles. The van der Waals surface area contributed by atoms with Crippen molar-refractivity contribution in [2.45, 2.75) is 58.3 Å². The highest BCUT2D eigenvalue weighted by atomic mass is 16.6. The van der Waals surface area contributed by atoms with Crippen LogP contribution >= 0.6 is 0 Å². The zero-order chi connectivity index (χ0) is 26.9. The molecule has 0 bridgehead atoms. The minimum atomic E-state index is -1.44. The summed E-state index contributed by atoms with van der Waals surface area (Å²) in [6.45, 7) is 6.94. The maximum Gasteiger partial charge on any atom is 0.408 e. The topological polar surface area (TPSA) is 131 Å². The van der Waals surface area contributed by atoms with E-state index in [2.05, 4.69) is 16.7 Å². The van der Waals surface area contributed by atoms with Crippen LogP contribution in [0.15, 0.2) is 54.6 Å². The van der Waals surface area contributed by atoms with Gasteiger partial charge in [0.2, 0.25) is 11.8 Å². The van der Waals surface area contributed by atoms with E-state index in [0.29, 0.717) is 5.56 Å². The number of nitrogens with zero attached hydrogens (tertiary/aromatic N) is 1. The Labute approximate surface area is 211 Å². The molecule has 0 aliphatic rings. The van der Waals surface area contributed by atoms with Gasteiger partial charge in [-0.1, -0.05) is 61.0 Å². The number of carbonyl (C=O) groups excluding carboxylic acids is 4. The Balaban J connectivity index is 2.40. The molecule has 36 heavy (non-hydrogen) atoms. The number of ether oxygens (including phenoxy) is 1. The third-order valence-corrected chi connectivity index (χ3v) is 5.07. The summed E-state index contributed by atoms with van der Waals surface area (Å²) in [5.41, 5.74) is 6.54. The van der Waals surface area contributed by atoms with E-state index in [0.717, 1.165) is 16.0 Å². The number of benzene rings is 2. The fraction of sp³-hybridized carbons (Fsp3) is 0.333. The van der Waals surface area contributed by atoms with Crippen LogP contribution in [0.5, 0.6) is 0 Å². The van der Waals surface area contributed by atoms with Crippen molar-refractivity contribution in [3.63, 3.8) is 0 Å². The molecular formula is C27H32N4O5. The number of carbonyl (C=O) groups is 4. The van der Waals surface area contributed by atoms with Crippen molar-refractivity contribution in [3.8, 4) is 12.5 Å². The predicted molar refractivity (Wildman–Crippen MR) is 135 cm³/mol. The molecule has 0 saturated heterocycles. The molecule has 4 amide bonds. The van der Waals surface area contributed by atoms with Crippen molar-refractivity contribution in [1.29, 1.82) is 0 Å². The van der Waals surface area contributed by atoms with E-state index in [9.17, 15) is 19.2 Å². The van der Waals surface area contributed by atoms with E-state index < -0.39 is 47.9 Å². The third kappa shape index (κ3) is 8.17. The number of alkyl carbamates (subject to hydrolysis) is 1. The number of rotatable bonds is 9. The molecule has 0 aliphatic heterocycles. The molecule has 0 aromatic heterocycles. The van der Waals surface area contributed by atoms with Crippen LogP contribution in [0.25, 0.3) is 0 Å². The van der Waals surface area contributed by atoms with Crippen molar-refractivity contribution < 1.29 is 23.9 Å². The van der Waals surface area contributed by atoms with Crippen LogP contribution in [-0.2, 0) is 25.7 Å². The number of terminal acetylenes is 1. The van der Waals surface area contributed by atoms with Crippen molar-refractivity contribution in [2.75, 3.05) is 0 Å². The standard InChI is InChI=1S/C27H32N4O5/c1-6-31(25(34)21(16-22(28)32)30-26(35)36-27(3,4)5)23(20-15-11-10-12-18(20)2)24(33)29-17-19-13-8-7-9-14-19/h1,7-15,21,23H,16-17H2,2-5H3,(H2,28,32)(H,29,33)(H,30,35). The van der Waals surface area contributed by atoms with Crippen LogP contribution < -0.4 is 16.4 Å². The van der Waals surface area contributed by atoms with E-state index in [1.165, 1.54) is 0 Å². The molecule has 9 nitrogen and oxygen atoms in total. The second kappa shape index (κ2) is 12.4. The molecule has 0 radical (unpaired) electrons. The SMILES string of the molecule is C#CN(C(=O)C(CC(N)=O)NC(=O)OC(C)(C)C)C(C(=O)NCc1ccccc1)c1ccccc1C. The number of nitrogens with one attached hydrogen (secondary N) is 2. The van der Waals surface area contributed by atoms with Gasteiger partial charge in [-0.25, -0.2) is 4.79 Å². The number of nitrogens with two attached hydrogens (primary N) is 1. The first-order valence-electron chi connectivity index (χ1n) is 11.4. The summed E-state index contributed by atoms with van der Waals surface area (Å²) in [6.07, 6.45) is 4.25. The highest BCUT2D eigenvalue weighted by molar-refractivity contribution is 5.95. The zero-order valence-electron chi connectivity index (χ0n) is 20.9. The first-order valence-corrected chi connectivity index (χ1v) is 11.4.